The van der Waals surface area contributed by atoms with Gasteiger partial charge in [-0.3, -0.25) is 0 Å². The Hall–Kier alpha value is -3.65. The third kappa shape index (κ3) is 4.34. The summed E-state index contributed by atoms with van der Waals surface area (Å²) in [7, 11) is 0. The molecule has 0 atom stereocenters. The first kappa shape index (κ1) is 21.2. The van der Waals surface area contributed by atoms with Gasteiger partial charge in [-0.15, -0.1) is 0 Å². The molecule has 0 amide bonds. The van der Waals surface area contributed by atoms with Crippen LogP contribution in [0.5, 0.6) is 0 Å². The number of fused-ring (bicyclic) bond motifs is 1. The summed E-state index contributed by atoms with van der Waals surface area (Å²) in [6, 6.07) is 10.4. The second kappa shape index (κ2) is 8.37. The molecule has 1 aliphatic rings. The van der Waals surface area contributed by atoms with Crippen molar-refractivity contribution in [2.45, 2.75) is 39.3 Å². The number of carboxylic acid groups (broad SMARTS) is 1. The minimum Gasteiger partial charge on any atom is -0.478 e. The molecule has 3 N–H and O–H groups in total. The average molecular weight is 463 g/mol. The van der Waals surface area contributed by atoms with Crippen LogP contribution in [0.4, 0.5) is 11.5 Å². The lowest BCUT2D eigenvalue weighted by atomic mass is 10.0. The molecule has 2 heterocycles. The quantitative estimate of drug-likeness (QED) is 0.356. The maximum Gasteiger partial charge on any atom is 0.338 e. The molecule has 0 spiro atoms. The molecule has 33 heavy (non-hydrogen) atoms. The molecule has 0 bridgehead atoms. The second-order valence-corrected chi connectivity index (χ2v) is 8.75. The van der Waals surface area contributed by atoms with E-state index in [9.17, 15) is 9.90 Å². The zero-order valence-corrected chi connectivity index (χ0v) is 19.0. The number of aromatic nitrogens is 4. The van der Waals surface area contributed by atoms with Crippen LogP contribution in [0.25, 0.3) is 16.9 Å². The first-order valence-corrected chi connectivity index (χ1v) is 11.1. The summed E-state index contributed by atoms with van der Waals surface area (Å²) >= 11 is 6.62. The van der Waals surface area contributed by atoms with Gasteiger partial charge in [-0.25, -0.2) is 14.5 Å². The lowest BCUT2D eigenvalue weighted by Gasteiger charge is -2.15. The number of carbonyl (C=O) groups is 1. The Morgan fingerprint density at radius 2 is 1.97 bits per heavy atom. The molecule has 0 unspecified atom stereocenters. The van der Waals surface area contributed by atoms with Gasteiger partial charge < -0.3 is 15.7 Å². The average Bonchev–Trinajstić information content (AvgIpc) is 3.44. The van der Waals surface area contributed by atoms with Crippen molar-refractivity contribution in [1.82, 2.24) is 19.7 Å². The standard InChI is InChI=1S/C24H23ClN6O2/c1-13-4-3-5-14(2)18(13)11-26-21-8-17-20(9-19(21)25)29-24(30-22(17)28-16-6-7-16)31-12-15(10-27-31)23(32)33/h3-5,8-10,12,16,26H,6-7,11H2,1-2H3,(H,32,33)(H,28,29,30). The van der Waals surface area contributed by atoms with Gasteiger partial charge in [0.05, 0.1) is 28.0 Å². The molecule has 1 aliphatic carbocycles. The Bertz CT molecular complexity index is 1360. The molecule has 1 saturated carbocycles. The number of aromatic carboxylic acids is 1. The van der Waals surface area contributed by atoms with Crippen molar-refractivity contribution in [2.75, 3.05) is 10.6 Å². The van der Waals surface area contributed by atoms with Crippen LogP contribution in [0.15, 0.2) is 42.7 Å². The predicted octanol–water partition coefficient (Wildman–Crippen LogP) is 4.97. The zero-order valence-electron chi connectivity index (χ0n) is 18.3. The molecule has 0 radical (unpaired) electrons. The van der Waals surface area contributed by atoms with Crippen molar-refractivity contribution in [3.05, 3.63) is 70.0 Å². The number of aryl methyl sites for hydroxylation is 2. The molecule has 2 aromatic carbocycles. The highest BCUT2D eigenvalue weighted by molar-refractivity contribution is 6.34. The molecule has 1 fully saturated rings. The monoisotopic (exact) mass is 462 g/mol. The molecule has 4 aromatic rings. The second-order valence-electron chi connectivity index (χ2n) is 8.34. The normalized spacial score (nSPS) is 13.3. The SMILES string of the molecule is Cc1cccc(C)c1CNc1cc2c(NC3CC3)nc(-n3cc(C(=O)O)cn3)nc2cc1Cl. The summed E-state index contributed by atoms with van der Waals surface area (Å²) in [5.41, 5.74) is 5.21. The van der Waals surface area contributed by atoms with Crippen LogP contribution < -0.4 is 10.6 Å². The van der Waals surface area contributed by atoms with Crippen molar-refractivity contribution < 1.29 is 9.90 Å². The van der Waals surface area contributed by atoms with E-state index in [0.29, 0.717) is 28.9 Å². The number of carboxylic acids is 1. The van der Waals surface area contributed by atoms with Crippen LogP contribution in [0, 0.1) is 13.8 Å². The van der Waals surface area contributed by atoms with E-state index in [-0.39, 0.29) is 11.5 Å². The van der Waals surface area contributed by atoms with Crippen LogP contribution in [0.2, 0.25) is 5.02 Å². The van der Waals surface area contributed by atoms with Crippen molar-refractivity contribution >= 4 is 40.0 Å². The van der Waals surface area contributed by atoms with Gasteiger partial charge in [0.1, 0.15) is 5.82 Å². The fraction of sp³-hybridized carbons (Fsp3) is 0.250. The van der Waals surface area contributed by atoms with Gasteiger partial charge >= 0.3 is 5.97 Å². The minimum absolute atomic E-state index is 0.0690. The summed E-state index contributed by atoms with van der Waals surface area (Å²) in [6.45, 7) is 4.85. The smallest absolute Gasteiger partial charge is 0.338 e. The Morgan fingerprint density at radius 1 is 1.21 bits per heavy atom. The highest BCUT2D eigenvalue weighted by atomic mass is 35.5. The maximum absolute atomic E-state index is 11.2. The van der Waals surface area contributed by atoms with E-state index in [1.807, 2.05) is 6.07 Å². The van der Waals surface area contributed by atoms with E-state index in [1.54, 1.807) is 6.07 Å². The molecule has 0 aliphatic heterocycles. The first-order chi connectivity index (χ1) is 15.9. The summed E-state index contributed by atoms with van der Waals surface area (Å²) < 4.78 is 1.36. The van der Waals surface area contributed by atoms with E-state index in [2.05, 4.69) is 57.7 Å². The molecule has 9 heteroatoms. The van der Waals surface area contributed by atoms with Gasteiger partial charge in [-0.1, -0.05) is 29.8 Å². The van der Waals surface area contributed by atoms with E-state index >= 15 is 0 Å². The first-order valence-electron chi connectivity index (χ1n) is 10.7. The van der Waals surface area contributed by atoms with E-state index in [4.69, 9.17) is 11.6 Å². The lowest BCUT2D eigenvalue weighted by molar-refractivity contribution is 0.0697. The third-order valence-corrected chi connectivity index (χ3v) is 6.14. The number of halogens is 1. The van der Waals surface area contributed by atoms with Crippen molar-refractivity contribution in [3.8, 4) is 5.95 Å². The zero-order chi connectivity index (χ0) is 23.1. The van der Waals surface area contributed by atoms with Gasteiger partial charge in [0, 0.05) is 24.2 Å². The fourth-order valence-electron chi connectivity index (χ4n) is 3.76. The minimum atomic E-state index is -1.05. The van der Waals surface area contributed by atoms with E-state index in [0.717, 1.165) is 23.9 Å². The third-order valence-electron chi connectivity index (χ3n) is 5.83. The lowest BCUT2D eigenvalue weighted by Crippen LogP contribution is -2.10. The largest absolute Gasteiger partial charge is 0.478 e. The van der Waals surface area contributed by atoms with Crippen LogP contribution in [0.3, 0.4) is 0 Å². The molecule has 8 nitrogen and oxygen atoms in total. The van der Waals surface area contributed by atoms with E-state index in [1.165, 1.54) is 33.8 Å². The molecule has 2 aromatic heterocycles. The number of anilines is 2. The molecule has 5 rings (SSSR count). The molecule has 0 saturated heterocycles. The van der Waals surface area contributed by atoms with Gasteiger partial charge in [0.2, 0.25) is 0 Å². The summed E-state index contributed by atoms with van der Waals surface area (Å²) in [4.78, 5) is 20.5. The van der Waals surface area contributed by atoms with Gasteiger partial charge in [0.15, 0.2) is 0 Å². The Labute approximate surface area is 195 Å². The Balaban J connectivity index is 1.53. The van der Waals surface area contributed by atoms with Gasteiger partial charge in [0.25, 0.3) is 5.95 Å². The summed E-state index contributed by atoms with van der Waals surface area (Å²) in [6.07, 6.45) is 4.83. The predicted molar refractivity (Wildman–Crippen MR) is 129 cm³/mol. The Kier molecular flexibility index (Phi) is 5.38. The number of rotatable bonds is 7. The van der Waals surface area contributed by atoms with Crippen molar-refractivity contribution in [2.24, 2.45) is 0 Å². The number of benzene rings is 2. The highest BCUT2D eigenvalue weighted by Crippen LogP contribution is 2.34. The molecular weight excluding hydrogens is 440 g/mol. The number of hydrogen-bond donors (Lipinski definition) is 3. The summed E-state index contributed by atoms with van der Waals surface area (Å²) in [5, 5.41) is 21.6. The van der Waals surface area contributed by atoms with E-state index < -0.39 is 5.97 Å². The maximum atomic E-state index is 11.2. The van der Waals surface area contributed by atoms with Crippen LogP contribution in [0.1, 0.15) is 39.9 Å². The molecule has 168 valence electrons. The summed E-state index contributed by atoms with van der Waals surface area (Å²) in [5.74, 6) is -0.0943. The van der Waals surface area contributed by atoms with Crippen molar-refractivity contribution in [1.29, 1.82) is 0 Å². The highest BCUT2D eigenvalue weighted by Gasteiger charge is 2.24. The van der Waals surface area contributed by atoms with Gasteiger partial charge in [-0.05, 0) is 55.5 Å². The van der Waals surface area contributed by atoms with Crippen LogP contribution >= 0.6 is 11.6 Å². The number of hydrogen-bond acceptors (Lipinski definition) is 6. The van der Waals surface area contributed by atoms with Crippen molar-refractivity contribution in [3.63, 3.8) is 0 Å². The fourth-order valence-corrected chi connectivity index (χ4v) is 3.99. The topological polar surface area (TPSA) is 105 Å². The number of nitrogens with zero attached hydrogens (tertiary/aromatic N) is 4. The van der Waals surface area contributed by atoms with Crippen LogP contribution in [-0.2, 0) is 6.54 Å². The molecular formula is C24H23ClN6O2. The Morgan fingerprint density at radius 3 is 2.64 bits per heavy atom. The van der Waals surface area contributed by atoms with Gasteiger partial charge in [-0.2, -0.15) is 10.1 Å². The number of nitrogens with one attached hydrogen (secondary N) is 2. The van der Waals surface area contributed by atoms with Crippen LogP contribution in [-0.4, -0.2) is 36.9 Å².